The Kier molecular flexibility index (Phi) is 7.22. The summed E-state index contributed by atoms with van der Waals surface area (Å²) in [6, 6.07) is 57.2. The molecule has 0 bridgehead atoms. The van der Waals surface area contributed by atoms with Gasteiger partial charge in [0.25, 0.3) is 0 Å². The van der Waals surface area contributed by atoms with Crippen molar-refractivity contribution >= 4 is 22.8 Å². The third-order valence-corrected chi connectivity index (χ3v) is 8.64. The molecule has 8 aromatic rings. The number of hydrogen-bond acceptors (Lipinski definition) is 2. The minimum Gasteiger partial charge on any atom is -0.277 e. The number of hydrogen-bond donors (Lipinski definition) is 0. The molecule has 3 nitrogen and oxygen atoms in total. The maximum absolute atomic E-state index is 6.69. The highest BCUT2D eigenvalue weighted by Crippen LogP contribution is 2.36. The topological polar surface area (TPSA) is 30.7 Å². The van der Waals surface area contributed by atoms with Crippen molar-refractivity contribution in [2.75, 3.05) is 0 Å². The summed E-state index contributed by atoms with van der Waals surface area (Å²) in [5, 5.41) is 0.574. The first-order valence-electron chi connectivity index (χ1n) is 15.3. The van der Waals surface area contributed by atoms with E-state index in [-0.39, 0.29) is 0 Å². The monoisotopic (exact) mass is 609 g/mol. The number of benzene rings is 6. The Morgan fingerprint density at radius 1 is 0.413 bits per heavy atom. The standard InChI is InChI=1S/C42H28ClN3/c43-39-23-24-44-42-40(39)45-41(33-21-19-32(20-22-33)29-11-4-1-5-12-29)46(42)38-18-10-17-34(28-38)37-26-35(30-13-6-2-7-14-30)25-36(27-37)31-15-8-3-9-16-31/h1-28H. The molecule has 0 atom stereocenters. The normalized spacial score (nSPS) is 11.2. The second kappa shape index (κ2) is 12.0. The van der Waals surface area contributed by atoms with Gasteiger partial charge in [0.1, 0.15) is 11.3 Å². The molecular weight excluding hydrogens is 582 g/mol. The van der Waals surface area contributed by atoms with Gasteiger partial charge in [-0.25, -0.2) is 9.97 Å². The highest BCUT2D eigenvalue weighted by Gasteiger charge is 2.18. The van der Waals surface area contributed by atoms with E-state index in [1.165, 1.54) is 27.8 Å². The van der Waals surface area contributed by atoms with E-state index in [0.29, 0.717) is 10.5 Å². The molecule has 0 aliphatic rings. The number of aromatic nitrogens is 3. The van der Waals surface area contributed by atoms with Crippen LogP contribution in [-0.4, -0.2) is 14.5 Å². The minimum atomic E-state index is 0.574. The van der Waals surface area contributed by atoms with Crippen LogP contribution in [0.1, 0.15) is 0 Å². The molecule has 8 rings (SSSR count). The van der Waals surface area contributed by atoms with Crippen molar-refractivity contribution in [3.63, 3.8) is 0 Å². The lowest BCUT2D eigenvalue weighted by molar-refractivity contribution is 1.08. The summed E-state index contributed by atoms with van der Waals surface area (Å²) in [4.78, 5) is 9.80. The van der Waals surface area contributed by atoms with Crippen LogP contribution in [0.4, 0.5) is 0 Å². The summed E-state index contributed by atoms with van der Waals surface area (Å²) in [5.41, 5.74) is 12.6. The van der Waals surface area contributed by atoms with E-state index in [1.807, 2.05) is 6.07 Å². The SMILES string of the molecule is Clc1ccnc2c1nc(-c1ccc(-c3ccccc3)cc1)n2-c1cccc(-c2cc(-c3ccccc3)cc(-c3ccccc3)c2)c1. The van der Waals surface area contributed by atoms with Gasteiger partial charge in [-0.05, 0) is 80.9 Å². The molecule has 0 saturated heterocycles. The molecule has 6 aromatic carbocycles. The van der Waals surface area contributed by atoms with Crippen LogP contribution in [0.25, 0.3) is 72.7 Å². The van der Waals surface area contributed by atoms with Crippen LogP contribution in [0.15, 0.2) is 170 Å². The molecular formula is C42H28ClN3. The lowest BCUT2D eigenvalue weighted by atomic mass is 9.93. The van der Waals surface area contributed by atoms with Crippen molar-refractivity contribution in [2.24, 2.45) is 0 Å². The molecule has 0 radical (unpaired) electrons. The Bertz CT molecular complexity index is 2240. The molecule has 0 N–H and O–H groups in total. The summed E-state index contributed by atoms with van der Waals surface area (Å²) < 4.78 is 2.11. The molecule has 0 unspecified atom stereocenters. The minimum absolute atomic E-state index is 0.574. The second-order valence-electron chi connectivity index (χ2n) is 11.3. The maximum atomic E-state index is 6.69. The first-order chi connectivity index (χ1) is 22.7. The van der Waals surface area contributed by atoms with Crippen LogP contribution >= 0.6 is 11.6 Å². The number of halogens is 1. The van der Waals surface area contributed by atoms with E-state index in [4.69, 9.17) is 21.6 Å². The number of rotatable bonds is 6. The lowest BCUT2D eigenvalue weighted by Gasteiger charge is -2.14. The number of imidazole rings is 1. The van der Waals surface area contributed by atoms with Crippen LogP contribution in [0.3, 0.4) is 0 Å². The van der Waals surface area contributed by atoms with Crippen molar-refractivity contribution in [1.29, 1.82) is 0 Å². The average molecular weight is 610 g/mol. The fourth-order valence-electron chi connectivity index (χ4n) is 6.04. The van der Waals surface area contributed by atoms with Gasteiger partial charge in [-0.3, -0.25) is 4.57 Å². The zero-order chi connectivity index (χ0) is 30.9. The first-order valence-corrected chi connectivity index (χ1v) is 15.6. The van der Waals surface area contributed by atoms with Gasteiger partial charge in [0.2, 0.25) is 0 Å². The zero-order valence-electron chi connectivity index (χ0n) is 24.9. The molecule has 2 heterocycles. The van der Waals surface area contributed by atoms with Crippen LogP contribution in [-0.2, 0) is 0 Å². The Labute approximate surface area is 273 Å². The van der Waals surface area contributed by atoms with Gasteiger partial charge in [0.15, 0.2) is 5.65 Å². The molecule has 0 fully saturated rings. The molecule has 46 heavy (non-hydrogen) atoms. The van der Waals surface area contributed by atoms with Crippen LogP contribution in [0.5, 0.6) is 0 Å². The van der Waals surface area contributed by atoms with Gasteiger partial charge in [0, 0.05) is 17.4 Å². The van der Waals surface area contributed by atoms with E-state index < -0.39 is 0 Å². The van der Waals surface area contributed by atoms with Crippen molar-refractivity contribution in [3.8, 4) is 61.6 Å². The van der Waals surface area contributed by atoms with Crippen molar-refractivity contribution < 1.29 is 0 Å². The summed E-state index contributed by atoms with van der Waals surface area (Å²) in [5.74, 6) is 0.787. The fourth-order valence-corrected chi connectivity index (χ4v) is 6.22. The first kappa shape index (κ1) is 27.8. The lowest BCUT2D eigenvalue weighted by Crippen LogP contribution is -1.99. The highest BCUT2D eigenvalue weighted by molar-refractivity contribution is 6.34. The molecule has 0 saturated carbocycles. The summed E-state index contributed by atoms with van der Waals surface area (Å²) >= 11 is 6.69. The Balaban J connectivity index is 1.28. The molecule has 0 spiro atoms. The van der Waals surface area contributed by atoms with Gasteiger partial charge in [-0.1, -0.05) is 139 Å². The molecule has 4 heteroatoms. The number of nitrogens with zero attached hydrogens (tertiary/aromatic N) is 3. The van der Waals surface area contributed by atoms with Crippen molar-refractivity contribution in [1.82, 2.24) is 14.5 Å². The second-order valence-corrected chi connectivity index (χ2v) is 11.7. The van der Waals surface area contributed by atoms with E-state index in [9.17, 15) is 0 Å². The largest absolute Gasteiger partial charge is 0.277 e. The van der Waals surface area contributed by atoms with Crippen LogP contribution < -0.4 is 0 Å². The summed E-state index contributed by atoms with van der Waals surface area (Å²) in [6.45, 7) is 0. The Morgan fingerprint density at radius 3 is 1.48 bits per heavy atom. The van der Waals surface area contributed by atoms with E-state index in [1.54, 1.807) is 12.3 Å². The van der Waals surface area contributed by atoms with E-state index >= 15 is 0 Å². The van der Waals surface area contributed by atoms with Gasteiger partial charge in [-0.15, -0.1) is 0 Å². The molecule has 0 amide bonds. The van der Waals surface area contributed by atoms with Crippen molar-refractivity contribution in [3.05, 3.63) is 175 Å². The third-order valence-electron chi connectivity index (χ3n) is 8.33. The maximum Gasteiger partial charge on any atom is 0.166 e. The van der Waals surface area contributed by atoms with E-state index in [2.05, 4.69) is 156 Å². The van der Waals surface area contributed by atoms with E-state index in [0.717, 1.165) is 39.4 Å². The van der Waals surface area contributed by atoms with Crippen LogP contribution in [0, 0.1) is 0 Å². The number of pyridine rings is 1. The quantitative estimate of drug-likeness (QED) is 0.188. The molecule has 0 aliphatic carbocycles. The molecule has 0 aliphatic heterocycles. The smallest absolute Gasteiger partial charge is 0.166 e. The Morgan fingerprint density at radius 2 is 0.891 bits per heavy atom. The van der Waals surface area contributed by atoms with Gasteiger partial charge in [0.05, 0.1) is 5.02 Å². The highest BCUT2D eigenvalue weighted by atomic mass is 35.5. The number of fused-ring (bicyclic) bond motifs is 1. The Hall–Kier alpha value is -5.77. The van der Waals surface area contributed by atoms with Gasteiger partial charge < -0.3 is 0 Å². The van der Waals surface area contributed by atoms with Crippen molar-refractivity contribution in [2.45, 2.75) is 0 Å². The fraction of sp³-hybridized carbons (Fsp3) is 0. The predicted molar refractivity (Wildman–Crippen MR) is 191 cm³/mol. The average Bonchev–Trinajstić information content (AvgIpc) is 3.54. The summed E-state index contributed by atoms with van der Waals surface area (Å²) in [7, 11) is 0. The van der Waals surface area contributed by atoms with Gasteiger partial charge in [-0.2, -0.15) is 0 Å². The van der Waals surface area contributed by atoms with Gasteiger partial charge >= 0.3 is 0 Å². The predicted octanol–water partition coefficient (Wildman–Crippen LogP) is 11.4. The molecule has 218 valence electrons. The van der Waals surface area contributed by atoms with Crippen LogP contribution in [0.2, 0.25) is 5.02 Å². The zero-order valence-corrected chi connectivity index (χ0v) is 25.6. The summed E-state index contributed by atoms with van der Waals surface area (Å²) in [6.07, 6.45) is 1.74. The third kappa shape index (κ3) is 5.27. The molecule has 2 aromatic heterocycles.